The molecule has 2 unspecified atom stereocenters. The zero-order valence-corrected chi connectivity index (χ0v) is 37.4. The van der Waals surface area contributed by atoms with Gasteiger partial charge in [0, 0.05) is 19.4 Å². The Morgan fingerprint density at radius 2 is 1.00 bits per heavy atom. The normalized spacial score (nSPS) is 14.1. The Labute approximate surface area is 353 Å². The summed E-state index contributed by atoms with van der Waals surface area (Å²) in [6.07, 6.45) is 55.3. The van der Waals surface area contributed by atoms with Crippen LogP contribution in [0.25, 0.3) is 0 Å². The van der Waals surface area contributed by atoms with Gasteiger partial charge < -0.3 is 20.1 Å². The number of nitrogens with one attached hydrogen (secondary N) is 1. The summed E-state index contributed by atoms with van der Waals surface area (Å²) in [6, 6.07) is 0. The van der Waals surface area contributed by atoms with Crippen LogP contribution in [0.4, 0.5) is 0 Å². The van der Waals surface area contributed by atoms with Crippen molar-refractivity contribution in [3.05, 3.63) is 85.1 Å². The molecule has 0 aromatic heterocycles. The second-order valence-electron chi connectivity index (χ2n) is 14.6. The van der Waals surface area contributed by atoms with Crippen molar-refractivity contribution in [3.8, 4) is 0 Å². The van der Waals surface area contributed by atoms with Crippen molar-refractivity contribution >= 4 is 19.7 Å². The quantitative estimate of drug-likeness (QED) is 0.0240. The van der Waals surface area contributed by atoms with E-state index in [4.69, 9.17) is 13.8 Å². The largest absolute Gasteiger partial charge is 0.472 e. The Kier molecular flexibility index (Phi) is 41.6. The number of hydrogen-bond acceptors (Lipinski definition) is 7. The highest BCUT2D eigenvalue weighted by Gasteiger charge is 2.23. The van der Waals surface area contributed by atoms with Crippen molar-refractivity contribution in [1.82, 2.24) is 5.32 Å². The van der Waals surface area contributed by atoms with E-state index in [1.54, 1.807) is 0 Å². The third kappa shape index (κ3) is 44.3. The van der Waals surface area contributed by atoms with E-state index in [9.17, 15) is 24.2 Å². The number of phosphoric acid groups is 1. The van der Waals surface area contributed by atoms with Crippen LogP contribution >= 0.6 is 7.82 Å². The molecular weight excluding hydrogens is 750 g/mol. The van der Waals surface area contributed by atoms with Gasteiger partial charge in [0.25, 0.3) is 0 Å². The fraction of sp³-hybridized carbons (Fsp3) is 0.667. The van der Waals surface area contributed by atoms with Gasteiger partial charge in [0.15, 0.2) is 0 Å². The van der Waals surface area contributed by atoms with Gasteiger partial charge in [0.05, 0.1) is 13.2 Å². The van der Waals surface area contributed by atoms with Gasteiger partial charge in [-0.1, -0.05) is 170 Å². The van der Waals surface area contributed by atoms with Crippen LogP contribution in [0.3, 0.4) is 0 Å². The number of aliphatic hydroxyl groups is 1. The van der Waals surface area contributed by atoms with Crippen LogP contribution in [0.5, 0.6) is 0 Å². The number of aliphatic hydroxyl groups excluding tert-OH is 1. The molecule has 0 heterocycles. The molecule has 0 aliphatic heterocycles. The maximum Gasteiger partial charge on any atom is 0.472 e. The average molecular weight is 832 g/mol. The minimum atomic E-state index is -4.44. The monoisotopic (exact) mass is 832 g/mol. The molecule has 0 aromatic rings. The van der Waals surface area contributed by atoms with E-state index in [2.05, 4.69) is 92.1 Å². The predicted molar refractivity (Wildman–Crippen MR) is 242 cm³/mol. The topological polar surface area (TPSA) is 131 Å². The molecule has 0 radical (unpaired) electrons. The number of esters is 1. The number of phosphoric ester groups is 1. The summed E-state index contributed by atoms with van der Waals surface area (Å²) in [4.78, 5) is 33.9. The van der Waals surface area contributed by atoms with Crippen LogP contribution < -0.4 is 5.32 Å². The molecule has 9 nitrogen and oxygen atoms in total. The summed E-state index contributed by atoms with van der Waals surface area (Å²) in [5, 5.41) is 12.7. The molecule has 0 aromatic carbocycles. The van der Waals surface area contributed by atoms with E-state index in [1.165, 1.54) is 70.6 Å². The standard InChI is InChI=1S/C48H82NO8P/c1-3-5-7-9-11-13-15-17-19-21-23-24-26-28-30-32-34-36-38-40-47(51)49-42-43-56-58(53,54)57-45-46(50)44-55-48(52)41-39-37-35-33-31-29-27-25-22-20-18-16-14-12-10-8-6-4-2/h5,7,11,13,17,19-20,22-24,28,30,34,36,46,50H,3-4,6,8-10,12,14-16,18,21,25-27,29,31-33,35,37-45H2,1-2H3,(H,49,51)(H,53,54)/b7-5-,13-11-,19-17-,22-20-,24-23-,30-28-,36-34-. The van der Waals surface area contributed by atoms with Crippen molar-refractivity contribution in [2.75, 3.05) is 26.4 Å². The highest BCUT2D eigenvalue weighted by atomic mass is 31.2. The van der Waals surface area contributed by atoms with E-state index in [-0.39, 0.29) is 38.5 Å². The van der Waals surface area contributed by atoms with Crippen LogP contribution in [0.2, 0.25) is 0 Å². The van der Waals surface area contributed by atoms with Crippen molar-refractivity contribution in [2.45, 2.75) is 180 Å². The van der Waals surface area contributed by atoms with Crippen molar-refractivity contribution in [2.24, 2.45) is 0 Å². The number of ether oxygens (including phenoxy) is 1. The Morgan fingerprint density at radius 1 is 0.552 bits per heavy atom. The zero-order chi connectivity index (χ0) is 42.5. The van der Waals surface area contributed by atoms with Gasteiger partial charge >= 0.3 is 13.8 Å². The molecule has 0 saturated carbocycles. The highest BCUT2D eigenvalue weighted by molar-refractivity contribution is 7.47. The average Bonchev–Trinajstić information content (AvgIpc) is 3.21. The Hall–Kier alpha value is -2.81. The molecular formula is C48H82NO8P. The molecule has 0 saturated heterocycles. The number of rotatable bonds is 41. The second-order valence-corrected chi connectivity index (χ2v) is 16.1. The molecule has 0 bridgehead atoms. The third-order valence-electron chi connectivity index (χ3n) is 9.07. The van der Waals surface area contributed by atoms with E-state index >= 15 is 0 Å². The molecule has 0 rings (SSSR count). The lowest BCUT2D eigenvalue weighted by Gasteiger charge is -2.15. The lowest BCUT2D eigenvalue weighted by molar-refractivity contribution is -0.147. The van der Waals surface area contributed by atoms with Crippen molar-refractivity contribution < 1.29 is 37.9 Å². The van der Waals surface area contributed by atoms with Crippen molar-refractivity contribution in [3.63, 3.8) is 0 Å². The first-order valence-corrected chi connectivity index (χ1v) is 24.1. The summed E-state index contributed by atoms with van der Waals surface area (Å²) in [6.45, 7) is 3.33. The minimum Gasteiger partial charge on any atom is -0.463 e. The van der Waals surface area contributed by atoms with E-state index in [1.807, 2.05) is 12.2 Å². The third-order valence-corrected chi connectivity index (χ3v) is 10.1. The number of hydrogen-bond donors (Lipinski definition) is 3. The molecule has 0 fully saturated rings. The fourth-order valence-corrected chi connectivity index (χ4v) is 6.45. The van der Waals surface area contributed by atoms with Gasteiger partial charge in [-0.25, -0.2) is 4.57 Å². The molecule has 1 amide bonds. The zero-order valence-electron chi connectivity index (χ0n) is 36.5. The lowest BCUT2D eigenvalue weighted by Crippen LogP contribution is -2.27. The maximum atomic E-state index is 12.1. The summed E-state index contributed by atoms with van der Waals surface area (Å²) < 4.78 is 26.9. The van der Waals surface area contributed by atoms with E-state index in [0.717, 1.165) is 70.6 Å². The van der Waals surface area contributed by atoms with Crippen LogP contribution in [0.15, 0.2) is 85.1 Å². The van der Waals surface area contributed by atoms with Crippen LogP contribution in [0.1, 0.15) is 174 Å². The maximum absolute atomic E-state index is 12.1. The van der Waals surface area contributed by atoms with Gasteiger partial charge in [-0.3, -0.25) is 18.6 Å². The van der Waals surface area contributed by atoms with Gasteiger partial charge in [-0.05, 0) is 77.0 Å². The van der Waals surface area contributed by atoms with E-state index in [0.29, 0.717) is 6.42 Å². The molecule has 2 atom stereocenters. The highest BCUT2D eigenvalue weighted by Crippen LogP contribution is 2.42. The minimum absolute atomic E-state index is 0.0354. The number of unbranched alkanes of at least 4 members (excludes halogenated alkanes) is 14. The molecule has 0 spiro atoms. The SMILES string of the molecule is CC/C=C\C/C=C\C/C=C\C/C=C\C/C=C\C/C=C\CCC(=O)NCCOP(=O)(O)OCC(O)COC(=O)CCCCCCCCC/C=C\CCCCCCCCC. The first kappa shape index (κ1) is 55.2. The predicted octanol–water partition coefficient (Wildman–Crippen LogP) is 12.8. The molecule has 3 N–H and O–H groups in total. The number of carbonyl (C=O) groups is 2. The summed E-state index contributed by atoms with van der Waals surface area (Å²) in [5.74, 6) is -0.612. The lowest BCUT2D eigenvalue weighted by atomic mass is 10.1. The number of carbonyl (C=O) groups excluding carboxylic acids is 2. The summed E-state index contributed by atoms with van der Waals surface area (Å²) >= 11 is 0. The van der Waals surface area contributed by atoms with Crippen LogP contribution in [0, 0.1) is 0 Å². The molecule has 332 valence electrons. The Balaban J connectivity index is 3.71. The Morgan fingerprint density at radius 3 is 1.52 bits per heavy atom. The van der Waals surface area contributed by atoms with Crippen LogP contribution in [-0.2, 0) is 27.9 Å². The summed E-state index contributed by atoms with van der Waals surface area (Å²) in [5.41, 5.74) is 0. The first-order valence-electron chi connectivity index (χ1n) is 22.6. The van der Waals surface area contributed by atoms with Gasteiger partial charge in [0.1, 0.15) is 12.7 Å². The van der Waals surface area contributed by atoms with Crippen molar-refractivity contribution in [1.29, 1.82) is 0 Å². The molecule has 0 aliphatic carbocycles. The van der Waals surface area contributed by atoms with Crippen LogP contribution in [-0.4, -0.2) is 54.3 Å². The first-order chi connectivity index (χ1) is 28.3. The summed E-state index contributed by atoms with van der Waals surface area (Å²) in [7, 11) is -4.44. The molecule has 0 aliphatic rings. The fourth-order valence-electron chi connectivity index (χ4n) is 5.69. The van der Waals surface area contributed by atoms with Gasteiger partial charge in [-0.2, -0.15) is 0 Å². The molecule has 58 heavy (non-hydrogen) atoms. The van der Waals surface area contributed by atoms with Gasteiger partial charge in [-0.15, -0.1) is 0 Å². The van der Waals surface area contributed by atoms with E-state index < -0.39 is 26.5 Å². The number of amides is 1. The second kappa shape index (κ2) is 43.8. The smallest absolute Gasteiger partial charge is 0.463 e. The molecule has 10 heteroatoms. The number of allylic oxidation sites excluding steroid dienone is 14. The Bertz CT molecular complexity index is 1220. The van der Waals surface area contributed by atoms with Gasteiger partial charge in [0.2, 0.25) is 5.91 Å².